The predicted molar refractivity (Wildman–Crippen MR) is 38.1 cm³/mol. The highest BCUT2D eigenvalue weighted by Gasteiger charge is 1.97. The van der Waals surface area contributed by atoms with Gasteiger partial charge in [-0.15, -0.1) is 6.58 Å². The number of carbonyl (C=O) groups excluding carboxylic acids is 1. The molecule has 0 bridgehead atoms. The number of hydrogen-bond donors (Lipinski definition) is 1. The maximum atomic E-state index is 10.7. The summed E-state index contributed by atoms with van der Waals surface area (Å²) < 4.78 is 0. The van der Waals surface area contributed by atoms with Crippen LogP contribution in [0.4, 0.5) is 0 Å². The summed E-state index contributed by atoms with van der Waals surface area (Å²) in [6, 6.07) is 0.234. The molecule has 1 amide bonds. The van der Waals surface area contributed by atoms with Crippen LogP contribution in [0, 0.1) is 0 Å². The maximum Gasteiger partial charge on any atom is 0.223 e. The SMILES string of the molecule is C=CCC(=O)NC(C)C. The normalized spacial score (nSPS) is 9.22. The molecule has 0 aromatic rings. The molecular formula is C7H13NO. The van der Waals surface area contributed by atoms with E-state index in [-0.39, 0.29) is 11.9 Å². The van der Waals surface area contributed by atoms with Crippen LogP contribution in [0.1, 0.15) is 20.3 Å². The highest BCUT2D eigenvalue weighted by molar-refractivity contribution is 5.77. The number of amides is 1. The second kappa shape index (κ2) is 4.13. The molecule has 0 saturated carbocycles. The molecule has 0 aromatic carbocycles. The highest BCUT2D eigenvalue weighted by Crippen LogP contribution is 1.82. The summed E-state index contributed by atoms with van der Waals surface area (Å²) in [5, 5.41) is 2.73. The second-order valence-corrected chi connectivity index (χ2v) is 2.22. The summed E-state index contributed by atoms with van der Waals surface area (Å²) in [6.45, 7) is 7.31. The molecule has 0 aliphatic rings. The Balaban J connectivity index is 3.38. The highest BCUT2D eigenvalue weighted by atomic mass is 16.1. The van der Waals surface area contributed by atoms with E-state index < -0.39 is 0 Å². The lowest BCUT2D eigenvalue weighted by atomic mass is 10.3. The number of rotatable bonds is 3. The molecule has 2 nitrogen and oxygen atoms in total. The van der Waals surface area contributed by atoms with E-state index in [1.807, 2.05) is 13.8 Å². The van der Waals surface area contributed by atoms with Gasteiger partial charge in [-0.3, -0.25) is 4.79 Å². The fraction of sp³-hybridized carbons (Fsp3) is 0.571. The molecule has 0 aromatic heterocycles. The first-order chi connectivity index (χ1) is 4.16. The van der Waals surface area contributed by atoms with Gasteiger partial charge in [0.05, 0.1) is 0 Å². The number of carbonyl (C=O) groups is 1. The van der Waals surface area contributed by atoms with Crippen molar-refractivity contribution in [2.75, 3.05) is 0 Å². The van der Waals surface area contributed by atoms with E-state index >= 15 is 0 Å². The molecule has 0 heterocycles. The quantitative estimate of drug-likeness (QED) is 0.565. The van der Waals surface area contributed by atoms with Crippen molar-refractivity contribution in [2.45, 2.75) is 26.3 Å². The van der Waals surface area contributed by atoms with Crippen LogP contribution < -0.4 is 5.32 Å². The first-order valence-electron chi connectivity index (χ1n) is 3.07. The average molecular weight is 127 g/mol. The third-order valence-electron chi connectivity index (χ3n) is 0.779. The topological polar surface area (TPSA) is 29.1 Å². The molecule has 0 rings (SSSR count). The van der Waals surface area contributed by atoms with Crippen molar-refractivity contribution in [3.63, 3.8) is 0 Å². The largest absolute Gasteiger partial charge is 0.354 e. The van der Waals surface area contributed by atoms with Crippen LogP contribution in [0.5, 0.6) is 0 Å². The second-order valence-electron chi connectivity index (χ2n) is 2.22. The zero-order chi connectivity index (χ0) is 7.28. The molecule has 0 saturated heterocycles. The van der Waals surface area contributed by atoms with E-state index in [9.17, 15) is 4.79 Å². The van der Waals surface area contributed by atoms with Crippen LogP contribution in [0.2, 0.25) is 0 Å². The summed E-state index contributed by atoms with van der Waals surface area (Å²) in [7, 11) is 0. The molecule has 0 spiro atoms. The summed E-state index contributed by atoms with van der Waals surface area (Å²) in [5.41, 5.74) is 0. The first-order valence-corrected chi connectivity index (χ1v) is 3.07. The minimum Gasteiger partial charge on any atom is -0.354 e. The maximum absolute atomic E-state index is 10.7. The molecular weight excluding hydrogens is 114 g/mol. The fourth-order valence-electron chi connectivity index (χ4n) is 0.512. The smallest absolute Gasteiger partial charge is 0.223 e. The molecule has 0 atom stereocenters. The van der Waals surface area contributed by atoms with E-state index in [2.05, 4.69) is 11.9 Å². The standard InChI is InChI=1S/C7H13NO/c1-4-5-7(9)8-6(2)3/h4,6H,1,5H2,2-3H3,(H,8,9). The Kier molecular flexibility index (Phi) is 3.76. The van der Waals surface area contributed by atoms with Crippen molar-refractivity contribution in [2.24, 2.45) is 0 Å². The number of hydrogen-bond acceptors (Lipinski definition) is 1. The molecule has 0 aliphatic heterocycles. The van der Waals surface area contributed by atoms with Crippen molar-refractivity contribution >= 4 is 5.91 Å². The van der Waals surface area contributed by atoms with Crippen molar-refractivity contribution < 1.29 is 4.79 Å². The van der Waals surface area contributed by atoms with Crippen molar-refractivity contribution in [1.82, 2.24) is 5.32 Å². The molecule has 0 fully saturated rings. The molecule has 52 valence electrons. The van der Waals surface area contributed by atoms with Crippen LogP contribution in [-0.4, -0.2) is 11.9 Å². The fourth-order valence-corrected chi connectivity index (χ4v) is 0.512. The Hall–Kier alpha value is -0.790. The van der Waals surface area contributed by atoms with Gasteiger partial charge < -0.3 is 5.32 Å². The van der Waals surface area contributed by atoms with E-state index in [0.717, 1.165) is 0 Å². The van der Waals surface area contributed by atoms with Crippen molar-refractivity contribution in [3.05, 3.63) is 12.7 Å². The Labute approximate surface area is 56.0 Å². The lowest BCUT2D eigenvalue weighted by Gasteiger charge is -2.04. The van der Waals surface area contributed by atoms with Gasteiger partial charge >= 0.3 is 0 Å². The Morgan fingerprint density at radius 1 is 1.78 bits per heavy atom. The Morgan fingerprint density at radius 3 is 2.67 bits per heavy atom. The monoisotopic (exact) mass is 127 g/mol. The van der Waals surface area contributed by atoms with E-state index in [1.165, 1.54) is 0 Å². The van der Waals surface area contributed by atoms with Gasteiger partial charge in [-0.25, -0.2) is 0 Å². The Bertz CT molecular complexity index is 107. The van der Waals surface area contributed by atoms with E-state index in [4.69, 9.17) is 0 Å². The third-order valence-corrected chi connectivity index (χ3v) is 0.779. The van der Waals surface area contributed by atoms with Gasteiger partial charge in [-0.2, -0.15) is 0 Å². The summed E-state index contributed by atoms with van der Waals surface area (Å²) >= 11 is 0. The zero-order valence-electron chi connectivity index (χ0n) is 5.98. The van der Waals surface area contributed by atoms with Crippen molar-refractivity contribution in [1.29, 1.82) is 0 Å². The predicted octanol–water partition coefficient (Wildman–Crippen LogP) is 1.09. The van der Waals surface area contributed by atoms with Gasteiger partial charge in [0.15, 0.2) is 0 Å². The van der Waals surface area contributed by atoms with Crippen LogP contribution >= 0.6 is 0 Å². The van der Waals surface area contributed by atoms with Gasteiger partial charge in [0.1, 0.15) is 0 Å². The zero-order valence-corrected chi connectivity index (χ0v) is 5.98. The minimum atomic E-state index is 0.0417. The minimum absolute atomic E-state index is 0.0417. The molecule has 2 heteroatoms. The summed E-state index contributed by atoms with van der Waals surface area (Å²) in [6.07, 6.45) is 2.01. The van der Waals surface area contributed by atoms with Gasteiger partial charge in [-0.05, 0) is 13.8 Å². The lowest BCUT2D eigenvalue weighted by molar-refractivity contribution is -0.120. The van der Waals surface area contributed by atoms with Crippen LogP contribution in [-0.2, 0) is 4.79 Å². The van der Waals surface area contributed by atoms with Gasteiger partial charge in [0.25, 0.3) is 0 Å². The first kappa shape index (κ1) is 8.21. The van der Waals surface area contributed by atoms with E-state index in [1.54, 1.807) is 6.08 Å². The average Bonchev–Trinajstić information content (AvgIpc) is 1.63. The van der Waals surface area contributed by atoms with Gasteiger partial charge in [0, 0.05) is 12.5 Å². The van der Waals surface area contributed by atoms with Gasteiger partial charge in [-0.1, -0.05) is 6.08 Å². The molecule has 1 N–H and O–H groups in total. The van der Waals surface area contributed by atoms with Crippen LogP contribution in [0.3, 0.4) is 0 Å². The molecule has 0 unspecified atom stereocenters. The molecule has 0 radical (unpaired) electrons. The van der Waals surface area contributed by atoms with Gasteiger partial charge in [0.2, 0.25) is 5.91 Å². The lowest BCUT2D eigenvalue weighted by Crippen LogP contribution is -2.29. The summed E-state index contributed by atoms with van der Waals surface area (Å²) in [4.78, 5) is 10.7. The third kappa shape index (κ3) is 5.07. The molecule has 0 aliphatic carbocycles. The van der Waals surface area contributed by atoms with Crippen molar-refractivity contribution in [3.8, 4) is 0 Å². The van der Waals surface area contributed by atoms with Crippen LogP contribution in [0.15, 0.2) is 12.7 Å². The summed E-state index contributed by atoms with van der Waals surface area (Å²) in [5.74, 6) is 0.0417. The van der Waals surface area contributed by atoms with Crippen LogP contribution in [0.25, 0.3) is 0 Å². The number of nitrogens with one attached hydrogen (secondary N) is 1. The Morgan fingerprint density at radius 2 is 2.33 bits per heavy atom. The molecule has 9 heavy (non-hydrogen) atoms. The van der Waals surface area contributed by atoms with E-state index in [0.29, 0.717) is 6.42 Å².